The molecule has 3 nitrogen and oxygen atoms in total. The molecule has 0 amide bonds. The smallest absolute Gasteiger partial charge is 0.0846 e. The lowest BCUT2D eigenvalue weighted by Crippen LogP contribution is -2.55. The summed E-state index contributed by atoms with van der Waals surface area (Å²) < 4.78 is 6.01. The van der Waals surface area contributed by atoms with Gasteiger partial charge in [0.2, 0.25) is 0 Å². The van der Waals surface area contributed by atoms with Gasteiger partial charge < -0.3 is 4.74 Å². The Labute approximate surface area is 131 Å². The van der Waals surface area contributed by atoms with E-state index in [-0.39, 0.29) is 11.6 Å². The van der Waals surface area contributed by atoms with Gasteiger partial charge in [0.25, 0.3) is 0 Å². The molecule has 20 heavy (non-hydrogen) atoms. The molecule has 1 aromatic rings. The van der Waals surface area contributed by atoms with Crippen LogP contribution in [0.1, 0.15) is 39.2 Å². The molecule has 0 saturated heterocycles. The molecule has 0 aliphatic carbocycles. The predicted molar refractivity (Wildman–Crippen MR) is 86.2 cm³/mol. The van der Waals surface area contributed by atoms with Crippen LogP contribution in [0, 0.1) is 0 Å². The summed E-state index contributed by atoms with van der Waals surface area (Å²) in [6.45, 7) is 6.90. The van der Waals surface area contributed by atoms with Crippen LogP contribution in [0.25, 0.3) is 0 Å². The largest absolute Gasteiger partial charge is 0.374 e. The molecule has 0 spiro atoms. The van der Waals surface area contributed by atoms with Gasteiger partial charge in [0.05, 0.1) is 11.6 Å². The van der Waals surface area contributed by atoms with Crippen molar-refractivity contribution in [3.8, 4) is 0 Å². The quantitative estimate of drug-likeness (QED) is 0.563. The molecule has 5 heteroatoms. The van der Waals surface area contributed by atoms with Crippen molar-refractivity contribution in [3.63, 3.8) is 0 Å². The zero-order chi connectivity index (χ0) is 15.2. The summed E-state index contributed by atoms with van der Waals surface area (Å²) in [6.07, 6.45) is 2.48. The van der Waals surface area contributed by atoms with Crippen LogP contribution >= 0.6 is 23.2 Å². The Balaban J connectivity index is 2.99. The maximum atomic E-state index is 6.25. The van der Waals surface area contributed by atoms with Crippen molar-refractivity contribution in [1.82, 2.24) is 5.43 Å². The molecule has 1 rings (SSSR count). The molecular formula is C15H24Cl2N2O. The molecule has 114 valence electrons. The minimum absolute atomic E-state index is 0.00359. The van der Waals surface area contributed by atoms with Crippen LogP contribution < -0.4 is 11.3 Å². The Kier molecular flexibility index (Phi) is 7.27. The van der Waals surface area contributed by atoms with Crippen LogP contribution in [-0.2, 0) is 11.2 Å². The van der Waals surface area contributed by atoms with E-state index in [1.165, 1.54) is 0 Å². The van der Waals surface area contributed by atoms with Crippen LogP contribution in [0.5, 0.6) is 0 Å². The van der Waals surface area contributed by atoms with Crippen molar-refractivity contribution in [3.05, 3.63) is 33.8 Å². The van der Waals surface area contributed by atoms with Crippen molar-refractivity contribution in [1.29, 1.82) is 0 Å². The molecular weight excluding hydrogens is 295 g/mol. The van der Waals surface area contributed by atoms with Crippen LogP contribution in [0.3, 0.4) is 0 Å². The van der Waals surface area contributed by atoms with Crippen molar-refractivity contribution in [2.24, 2.45) is 5.84 Å². The summed E-state index contributed by atoms with van der Waals surface area (Å²) in [5.41, 5.74) is 3.64. The fourth-order valence-electron chi connectivity index (χ4n) is 2.64. The highest BCUT2D eigenvalue weighted by molar-refractivity contribution is 6.35. The van der Waals surface area contributed by atoms with E-state index in [1.54, 1.807) is 6.07 Å². The first-order valence-electron chi connectivity index (χ1n) is 7.07. The third-order valence-corrected chi connectivity index (χ3v) is 4.49. The third-order valence-electron chi connectivity index (χ3n) is 3.90. The van der Waals surface area contributed by atoms with Gasteiger partial charge in [0, 0.05) is 16.7 Å². The van der Waals surface area contributed by atoms with Gasteiger partial charge >= 0.3 is 0 Å². The van der Waals surface area contributed by atoms with E-state index in [0.717, 1.165) is 18.4 Å². The molecule has 1 aromatic carbocycles. The van der Waals surface area contributed by atoms with E-state index in [0.29, 0.717) is 23.1 Å². The number of benzene rings is 1. The highest BCUT2D eigenvalue weighted by Crippen LogP contribution is 2.29. The first-order valence-corrected chi connectivity index (χ1v) is 7.82. The monoisotopic (exact) mass is 318 g/mol. The predicted octanol–water partition coefficient (Wildman–Crippen LogP) is 3.96. The summed E-state index contributed by atoms with van der Waals surface area (Å²) in [5.74, 6) is 5.77. The van der Waals surface area contributed by atoms with Gasteiger partial charge in [-0.3, -0.25) is 11.3 Å². The molecule has 1 unspecified atom stereocenters. The number of hydrogen-bond acceptors (Lipinski definition) is 3. The van der Waals surface area contributed by atoms with Crippen molar-refractivity contribution < 1.29 is 4.74 Å². The number of hydrogen-bond donors (Lipinski definition) is 2. The second kappa shape index (κ2) is 8.20. The van der Waals surface area contributed by atoms with E-state index in [9.17, 15) is 0 Å². The van der Waals surface area contributed by atoms with Gasteiger partial charge in [-0.1, -0.05) is 43.1 Å². The standard InChI is InChI=1S/C15H24Cl2N2O/c1-4-15(5-2,20-6-3)14(19-18)9-11-7-8-12(16)10-13(11)17/h7-8,10,14,19H,4-6,9,18H2,1-3H3. The van der Waals surface area contributed by atoms with Gasteiger partial charge in [0.15, 0.2) is 0 Å². The Morgan fingerprint density at radius 1 is 1.25 bits per heavy atom. The maximum absolute atomic E-state index is 6.25. The van der Waals surface area contributed by atoms with Gasteiger partial charge in [0.1, 0.15) is 0 Å². The number of rotatable bonds is 8. The summed E-state index contributed by atoms with van der Waals surface area (Å²) >= 11 is 12.2. The van der Waals surface area contributed by atoms with Crippen molar-refractivity contribution >= 4 is 23.2 Å². The molecule has 0 fully saturated rings. The lowest BCUT2D eigenvalue weighted by molar-refractivity contribution is -0.0719. The van der Waals surface area contributed by atoms with E-state index < -0.39 is 0 Å². The summed E-state index contributed by atoms with van der Waals surface area (Å²) in [5, 5.41) is 1.30. The van der Waals surface area contributed by atoms with Crippen LogP contribution in [-0.4, -0.2) is 18.2 Å². The Morgan fingerprint density at radius 3 is 2.35 bits per heavy atom. The number of nitrogens with one attached hydrogen (secondary N) is 1. The Morgan fingerprint density at radius 2 is 1.90 bits per heavy atom. The molecule has 0 bridgehead atoms. The van der Waals surface area contributed by atoms with Gasteiger partial charge in [-0.25, -0.2) is 0 Å². The molecule has 0 heterocycles. The second-order valence-corrected chi connectivity index (χ2v) is 5.71. The highest BCUT2D eigenvalue weighted by Gasteiger charge is 2.36. The minimum atomic E-state index is -0.285. The second-order valence-electron chi connectivity index (χ2n) is 4.86. The normalized spacial score (nSPS) is 13.5. The van der Waals surface area contributed by atoms with Gasteiger partial charge in [-0.15, -0.1) is 0 Å². The SMILES string of the molecule is CCOC(CC)(CC)C(Cc1ccc(Cl)cc1Cl)NN. The average molecular weight is 319 g/mol. The number of halogens is 2. The minimum Gasteiger partial charge on any atom is -0.374 e. The first kappa shape index (κ1) is 17.7. The lowest BCUT2D eigenvalue weighted by atomic mass is 9.84. The van der Waals surface area contributed by atoms with Gasteiger partial charge in [-0.2, -0.15) is 0 Å². The Bertz CT molecular complexity index is 422. The molecule has 0 saturated carbocycles. The van der Waals surface area contributed by atoms with Crippen LogP contribution in [0.4, 0.5) is 0 Å². The zero-order valence-corrected chi connectivity index (χ0v) is 13.9. The summed E-state index contributed by atoms with van der Waals surface area (Å²) in [4.78, 5) is 0. The number of nitrogens with two attached hydrogens (primary N) is 1. The highest BCUT2D eigenvalue weighted by atomic mass is 35.5. The third kappa shape index (κ3) is 4.09. The maximum Gasteiger partial charge on any atom is 0.0846 e. The summed E-state index contributed by atoms with van der Waals surface area (Å²) in [7, 11) is 0. The molecule has 0 radical (unpaired) electrons. The van der Waals surface area contributed by atoms with E-state index in [2.05, 4.69) is 19.3 Å². The number of ether oxygens (including phenoxy) is 1. The average Bonchev–Trinajstić information content (AvgIpc) is 2.44. The van der Waals surface area contributed by atoms with E-state index in [1.807, 2.05) is 19.1 Å². The first-order chi connectivity index (χ1) is 9.52. The van der Waals surface area contributed by atoms with Crippen LogP contribution in [0.15, 0.2) is 18.2 Å². The van der Waals surface area contributed by atoms with Crippen molar-refractivity contribution in [2.75, 3.05) is 6.61 Å². The molecule has 1 atom stereocenters. The topological polar surface area (TPSA) is 47.3 Å². The Hall–Kier alpha value is -0.320. The van der Waals surface area contributed by atoms with E-state index >= 15 is 0 Å². The molecule has 0 aromatic heterocycles. The molecule has 0 aliphatic rings. The lowest BCUT2D eigenvalue weighted by Gasteiger charge is -2.39. The van der Waals surface area contributed by atoms with Gasteiger partial charge in [-0.05, 0) is 43.9 Å². The fourth-order valence-corrected chi connectivity index (χ4v) is 3.12. The zero-order valence-electron chi connectivity index (χ0n) is 12.4. The van der Waals surface area contributed by atoms with Crippen LogP contribution in [0.2, 0.25) is 10.0 Å². The van der Waals surface area contributed by atoms with Crippen molar-refractivity contribution in [2.45, 2.75) is 51.7 Å². The molecule has 0 aliphatic heterocycles. The van der Waals surface area contributed by atoms with E-state index in [4.69, 9.17) is 33.8 Å². The number of hydrazine groups is 1. The molecule has 3 N–H and O–H groups in total. The fraction of sp³-hybridized carbons (Fsp3) is 0.600. The summed E-state index contributed by atoms with van der Waals surface area (Å²) in [6, 6.07) is 5.54.